The first-order chi connectivity index (χ1) is 26.3. The summed E-state index contributed by atoms with van der Waals surface area (Å²) in [5, 5.41) is 9.98. The number of aromatic nitrogens is 1. The number of benzene rings is 9. The lowest BCUT2D eigenvalue weighted by molar-refractivity contribution is 1.18. The van der Waals surface area contributed by atoms with Crippen LogP contribution in [0.25, 0.3) is 80.3 Å². The molecule has 3 heteroatoms. The molecule has 2 nitrogen and oxygen atoms in total. The van der Waals surface area contributed by atoms with E-state index in [9.17, 15) is 0 Å². The van der Waals surface area contributed by atoms with Crippen molar-refractivity contribution in [1.29, 1.82) is 0 Å². The van der Waals surface area contributed by atoms with Crippen molar-refractivity contribution < 1.29 is 0 Å². The van der Waals surface area contributed by atoms with Gasteiger partial charge in [-0.05, 0) is 88.6 Å². The van der Waals surface area contributed by atoms with E-state index in [1.54, 1.807) is 0 Å². The summed E-state index contributed by atoms with van der Waals surface area (Å²) in [7, 11) is 0. The minimum absolute atomic E-state index is 1.14. The van der Waals surface area contributed by atoms with Crippen LogP contribution in [-0.4, -0.2) is 4.57 Å². The second-order valence-electron chi connectivity index (χ2n) is 13.7. The maximum Gasteiger partial charge on any atom is 0.0541 e. The summed E-state index contributed by atoms with van der Waals surface area (Å²) < 4.78 is 5.00. The van der Waals surface area contributed by atoms with E-state index < -0.39 is 0 Å². The fourth-order valence-corrected chi connectivity index (χ4v) is 9.48. The van der Waals surface area contributed by atoms with Gasteiger partial charge in [0.05, 0.1) is 22.4 Å². The van der Waals surface area contributed by atoms with Crippen LogP contribution < -0.4 is 4.90 Å². The average Bonchev–Trinajstić information content (AvgIpc) is 3.76. The molecular weight excluding hydrogens is 661 g/mol. The summed E-state index contributed by atoms with van der Waals surface area (Å²) in [4.78, 5) is 2.47. The second kappa shape index (κ2) is 11.9. The SMILES string of the molecule is c1ccc(-n2c3ccccc3c3cc(-c4ccc(N(c5ccc6sc7ccccc7c6c5)c5cccc6ccccc56)c5ccccc45)ccc32)cc1. The molecule has 0 radical (unpaired) electrons. The van der Waals surface area contributed by atoms with Gasteiger partial charge in [0.2, 0.25) is 0 Å². The van der Waals surface area contributed by atoms with Gasteiger partial charge in [-0.2, -0.15) is 0 Å². The molecule has 11 rings (SSSR count). The zero-order valence-electron chi connectivity index (χ0n) is 28.8. The molecule has 0 unspecified atom stereocenters. The molecule has 0 saturated heterocycles. The van der Waals surface area contributed by atoms with Crippen molar-refractivity contribution in [3.8, 4) is 16.8 Å². The highest BCUT2D eigenvalue weighted by Gasteiger charge is 2.21. The Morgan fingerprint density at radius 3 is 1.92 bits per heavy atom. The Bertz CT molecular complexity index is 3180. The number of thiophene rings is 1. The molecule has 11 aromatic rings. The monoisotopic (exact) mass is 692 g/mol. The molecular formula is C50H32N2S. The Morgan fingerprint density at radius 2 is 1.04 bits per heavy atom. The van der Waals surface area contributed by atoms with Gasteiger partial charge in [0, 0.05) is 53.1 Å². The summed E-state index contributed by atoms with van der Waals surface area (Å²) in [5.41, 5.74) is 9.48. The van der Waals surface area contributed by atoms with Crippen molar-refractivity contribution in [1.82, 2.24) is 4.57 Å². The number of hydrogen-bond donors (Lipinski definition) is 0. The zero-order chi connectivity index (χ0) is 34.9. The summed E-state index contributed by atoms with van der Waals surface area (Å²) in [6, 6.07) is 71.0. The zero-order valence-corrected chi connectivity index (χ0v) is 29.6. The molecule has 0 atom stereocenters. The van der Waals surface area contributed by atoms with Crippen LogP contribution in [-0.2, 0) is 0 Å². The van der Waals surface area contributed by atoms with E-state index in [1.165, 1.54) is 80.3 Å². The Labute approximate surface area is 311 Å². The highest BCUT2D eigenvalue weighted by Crippen LogP contribution is 2.46. The molecule has 0 amide bonds. The molecule has 2 heterocycles. The fourth-order valence-electron chi connectivity index (χ4n) is 8.39. The predicted molar refractivity (Wildman–Crippen MR) is 229 cm³/mol. The number of para-hydroxylation sites is 2. The molecule has 248 valence electrons. The normalized spacial score (nSPS) is 11.8. The fraction of sp³-hybridized carbons (Fsp3) is 0. The summed E-state index contributed by atoms with van der Waals surface area (Å²) >= 11 is 1.86. The maximum atomic E-state index is 2.47. The first-order valence-corrected chi connectivity index (χ1v) is 18.9. The van der Waals surface area contributed by atoms with E-state index >= 15 is 0 Å². The molecule has 0 aliphatic heterocycles. The predicted octanol–water partition coefficient (Wildman–Crippen LogP) is 14.6. The molecule has 9 aromatic carbocycles. The molecule has 0 fully saturated rings. The van der Waals surface area contributed by atoms with Crippen molar-refractivity contribution in [2.75, 3.05) is 4.90 Å². The van der Waals surface area contributed by atoms with Crippen LogP contribution in [0.2, 0.25) is 0 Å². The minimum atomic E-state index is 1.14. The van der Waals surface area contributed by atoms with Gasteiger partial charge in [-0.1, -0.05) is 127 Å². The van der Waals surface area contributed by atoms with Gasteiger partial charge in [-0.3, -0.25) is 0 Å². The Kier molecular flexibility index (Phi) is 6.76. The maximum absolute atomic E-state index is 2.47. The first-order valence-electron chi connectivity index (χ1n) is 18.1. The summed E-state index contributed by atoms with van der Waals surface area (Å²) in [6.45, 7) is 0. The molecule has 0 aliphatic carbocycles. The standard InChI is InChI=1S/C50H32N2S/c1-2-15-35(16-3-1)51-46-22-10-8-20-41(46)43-31-34(25-28-48(43)51)37-27-29-47(40-19-7-6-18-39(37)40)52(45-23-12-14-33-13-4-5-17-38(33)45)36-26-30-50-44(32-36)42-21-9-11-24-49(42)53-50/h1-32H. The van der Waals surface area contributed by atoms with Crippen molar-refractivity contribution in [3.63, 3.8) is 0 Å². The van der Waals surface area contributed by atoms with Crippen molar-refractivity contribution in [3.05, 3.63) is 194 Å². The topological polar surface area (TPSA) is 8.17 Å². The number of anilines is 3. The third-order valence-electron chi connectivity index (χ3n) is 10.8. The lowest BCUT2D eigenvalue weighted by Crippen LogP contribution is -2.11. The largest absolute Gasteiger partial charge is 0.309 e. The van der Waals surface area contributed by atoms with Gasteiger partial charge in [-0.15, -0.1) is 11.3 Å². The van der Waals surface area contributed by atoms with E-state index in [-0.39, 0.29) is 0 Å². The molecule has 0 N–H and O–H groups in total. The Morgan fingerprint density at radius 1 is 0.377 bits per heavy atom. The van der Waals surface area contributed by atoms with E-state index in [4.69, 9.17) is 0 Å². The number of fused-ring (bicyclic) bond motifs is 8. The number of nitrogens with zero attached hydrogens (tertiary/aromatic N) is 2. The van der Waals surface area contributed by atoms with Gasteiger partial charge in [-0.25, -0.2) is 0 Å². The van der Waals surface area contributed by atoms with Gasteiger partial charge < -0.3 is 9.47 Å². The molecule has 0 aliphatic rings. The van der Waals surface area contributed by atoms with Crippen LogP contribution in [0.4, 0.5) is 17.1 Å². The molecule has 0 saturated carbocycles. The third kappa shape index (κ3) is 4.71. The highest BCUT2D eigenvalue weighted by atomic mass is 32.1. The van der Waals surface area contributed by atoms with Crippen LogP contribution in [0, 0.1) is 0 Å². The van der Waals surface area contributed by atoms with E-state index in [0.717, 1.165) is 17.1 Å². The van der Waals surface area contributed by atoms with Crippen LogP contribution in [0.15, 0.2) is 194 Å². The molecule has 0 spiro atoms. The van der Waals surface area contributed by atoms with Crippen LogP contribution in [0.1, 0.15) is 0 Å². The van der Waals surface area contributed by atoms with Crippen molar-refractivity contribution in [2.24, 2.45) is 0 Å². The van der Waals surface area contributed by atoms with E-state index in [1.807, 2.05) is 11.3 Å². The van der Waals surface area contributed by atoms with Gasteiger partial charge >= 0.3 is 0 Å². The van der Waals surface area contributed by atoms with Crippen LogP contribution >= 0.6 is 11.3 Å². The number of rotatable bonds is 5. The minimum Gasteiger partial charge on any atom is -0.309 e. The second-order valence-corrected chi connectivity index (χ2v) is 14.8. The average molecular weight is 693 g/mol. The molecule has 2 aromatic heterocycles. The van der Waals surface area contributed by atoms with Crippen LogP contribution in [0.5, 0.6) is 0 Å². The lowest BCUT2D eigenvalue weighted by Gasteiger charge is -2.29. The third-order valence-corrected chi connectivity index (χ3v) is 11.9. The highest BCUT2D eigenvalue weighted by molar-refractivity contribution is 7.25. The molecule has 53 heavy (non-hydrogen) atoms. The molecule has 0 bridgehead atoms. The van der Waals surface area contributed by atoms with Gasteiger partial charge in [0.15, 0.2) is 0 Å². The Balaban J connectivity index is 1.14. The van der Waals surface area contributed by atoms with Gasteiger partial charge in [0.1, 0.15) is 0 Å². The van der Waals surface area contributed by atoms with Crippen molar-refractivity contribution in [2.45, 2.75) is 0 Å². The van der Waals surface area contributed by atoms with E-state index in [2.05, 4.69) is 204 Å². The number of hydrogen-bond acceptors (Lipinski definition) is 2. The van der Waals surface area contributed by atoms with Crippen LogP contribution in [0.3, 0.4) is 0 Å². The van der Waals surface area contributed by atoms with Crippen molar-refractivity contribution >= 4 is 91.9 Å². The van der Waals surface area contributed by atoms with E-state index in [0.29, 0.717) is 0 Å². The summed E-state index contributed by atoms with van der Waals surface area (Å²) in [5.74, 6) is 0. The lowest BCUT2D eigenvalue weighted by atomic mass is 9.95. The Hall–Kier alpha value is -6.68. The first kappa shape index (κ1) is 30.0. The smallest absolute Gasteiger partial charge is 0.0541 e. The summed E-state index contributed by atoms with van der Waals surface area (Å²) in [6.07, 6.45) is 0. The van der Waals surface area contributed by atoms with Gasteiger partial charge in [0.25, 0.3) is 0 Å². The quantitative estimate of drug-likeness (QED) is 0.174.